The summed E-state index contributed by atoms with van der Waals surface area (Å²) in [6, 6.07) is 20.9. The van der Waals surface area contributed by atoms with Crippen LogP contribution in [-0.2, 0) is 9.59 Å². The van der Waals surface area contributed by atoms with Crippen LogP contribution in [-0.4, -0.2) is 48.8 Å². The van der Waals surface area contributed by atoms with Gasteiger partial charge >= 0.3 is 0 Å². The maximum absolute atomic E-state index is 12.8. The average Bonchev–Trinajstić information content (AvgIpc) is 3.17. The van der Waals surface area contributed by atoms with Crippen molar-refractivity contribution in [3.8, 4) is 17.2 Å². The third-order valence-electron chi connectivity index (χ3n) is 5.17. The van der Waals surface area contributed by atoms with Gasteiger partial charge < -0.3 is 19.5 Å². The summed E-state index contributed by atoms with van der Waals surface area (Å²) in [6.07, 6.45) is 1.61. The molecule has 10 heteroatoms. The molecule has 1 N–H and O–H groups in total. The number of rotatable bonds is 10. The highest BCUT2D eigenvalue weighted by Crippen LogP contribution is 2.34. The Hall–Kier alpha value is -3.95. The van der Waals surface area contributed by atoms with Crippen LogP contribution >= 0.6 is 23.4 Å². The van der Waals surface area contributed by atoms with E-state index in [2.05, 4.69) is 5.32 Å². The molecule has 0 aliphatic carbocycles. The van der Waals surface area contributed by atoms with Crippen LogP contribution in [0.25, 0.3) is 6.08 Å². The van der Waals surface area contributed by atoms with Crippen molar-refractivity contribution in [3.63, 3.8) is 0 Å². The number of carbonyl (C=O) groups is 3. The largest absolute Gasteiger partial charge is 0.493 e. The van der Waals surface area contributed by atoms with E-state index in [4.69, 9.17) is 25.8 Å². The SMILES string of the molecule is COc1cc(/C=C2\SC(=O)N(CCOc3ccccc3)C2=O)ccc1OCC(=O)Nc1ccc(Cl)cc1. The Morgan fingerprint density at radius 2 is 1.76 bits per heavy atom. The van der Waals surface area contributed by atoms with E-state index in [-0.39, 0.29) is 36.8 Å². The van der Waals surface area contributed by atoms with E-state index >= 15 is 0 Å². The van der Waals surface area contributed by atoms with Gasteiger partial charge in [-0.2, -0.15) is 0 Å². The van der Waals surface area contributed by atoms with E-state index in [0.29, 0.717) is 38.4 Å². The maximum Gasteiger partial charge on any atom is 0.293 e. The Morgan fingerprint density at radius 3 is 2.49 bits per heavy atom. The van der Waals surface area contributed by atoms with Gasteiger partial charge in [0.05, 0.1) is 18.6 Å². The van der Waals surface area contributed by atoms with Gasteiger partial charge in [-0.1, -0.05) is 35.9 Å². The number of halogens is 1. The second kappa shape index (κ2) is 12.3. The Labute approximate surface area is 223 Å². The van der Waals surface area contributed by atoms with Crippen molar-refractivity contribution in [1.82, 2.24) is 4.90 Å². The highest BCUT2D eigenvalue weighted by molar-refractivity contribution is 8.18. The lowest BCUT2D eigenvalue weighted by Crippen LogP contribution is -2.32. The Bertz CT molecular complexity index is 1310. The summed E-state index contributed by atoms with van der Waals surface area (Å²) in [4.78, 5) is 38.8. The molecule has 1 aliphatic rings. The number of hydrogen-bond acceptors (Lipinski definition) is 7. The number of ether oxygens (including phenoxy) is 3. The fraction of sp³-hybridized carbons (Fsp3) is 0.148. The predicted octanol–water partition coefficient (Wildman–Crippen LogP) is 5.48. The van der Waals surface area contributed by atoms with Crippen LogP contribution in [0.15, 0.2) is 77.7 Å². The van der Waals surface area contributed by atoms with E-state index in [1.807, 2.05) is 18.2 Å². The molecule has 37 heavy (non-hydrogen) atoms. The number of nitrogens with one attached hydrogen (secondary N) is 1. The molecule has 1 heterocycles. The molecule has 0 aromatic heterocycles. The number of amides is 3. The van der Waals surface area contributed by atoms with Crippen LogP contribution in [0.3, 0.4) is 0 Å². The molecule has 4 rings (SSSR count). The Balaban J connectivity index is 1.35. The summed E-state index contributed by atoms with van der Waals surface area (Å²) >= 11 is 6.72. The van der Waals surface area contributed by atoms with Crippen molar-refractivity contribution in [1.29, 1.82) is 0 Å². The molecule has 1 aliphatic heterocycles. The van der Waals surface area contributed by atoms with Gasteiger partial charge in [0.15, 0.2) is 18.1 Å². The highest BCUT2D eigenvalue weighted by Gasteiger charge is 2.34. The first-order valence-corrected chi connectivity index (χ1v) is 12.4. The van der Waals surface area contributed by atoms with Gasteiger partial charge in [-0.25, -0.2) is 0 Å². The normalized spacial score (nSPS) is 14.1. The molecular formula is C27H23ClN2O6S. The third-order valence-corrected chi connectivity index (χ3v) is 6.33. The van der Waals surface area contributed by atoms with Gasteiger partial charge in [0.25, 0.3) is 17.1 Å². The first-order valence-electron chi connectivity index (χ1n) is 11.2. The molecule has 8 nitrogen and oxygen atoms in total. The van der Waals surface area contributed by atoms with Gasteiger partial charge in [0, 0.05) is 10.7 Å². The minimum absolute atomic E-state index is 0.144. The molecule has 0 unspecified atom stereocenters. The van der Waals surface area contributed by atoms with E-state index in [9.17, 15) is 14.4 Å². The number of para-hydroxylation sites is 1. The van der Waals surface area contributed by atoms with Crippen LogP contribution in [0.5, 0.6) is 17.2 Å². The van der Waals surface area contributed by atoms with Crippen molar-refractivity contribution in [3.05, 3.63) is 88.3 Å². The van der Waals surface area contributed by atoms with Crippen LogP contribution in [0.4, 0.5) is 10.5 Å². The molecule has 0 saturated carbocycles. The molecule has 0 radical (unpaired) electrons. The lowest BCUT2D eigenvalue weighted by molar-refractivity contribution is -0.123. The van der Waals surface area contributed by atoms with Crippen LogP contribution in [0.2, 0.25) is 5.02 Å². The molecule has 190 valence electrons. The fourth-order valence-electron chi connectivity index (χ4n) is 3.38. The van der Waals surface area contributed by atoms with Gasteiger partial charge in [-0.05, 0) is 71.9 Å². The van der Waals surface area contributed by atoms with Crippen LogP contribution in [0, 0.1) is 0 Å². The Morgan fingerprint density at radius 1 is 1.00 bits per heavy atom. The smallest absolute Gasteiger partial charge is 0.293 e. The molecule has 3 aromatic rings. The van der Waals surface area contributed by atoms with E-state index < -0.39 is 0 Å². The molecule has 1 saturated heterocycles. The molecule has 1 fully saturated rings. The molecule has 0 spiro atoms. The molecular weight excluding hydrogens is 516 g/mol. The third kappa shape index (κ3) is 7.05. The zero-order valence-electron chi connectivity index (χ0n) is 19.8. The lowest BCUT2D eigenvalue weighted by atomic mass is 10.2. The number of hydrogen-bond donors (Lipinski definition) is 1. The average molecular weight is 539 g/mol. The number of imide groups is 1. The standard InChI is InChI=1S/C27H23ClN2O6S/c1-34-23-15-18(7-12-22(23)36-17-25(31)29-20-10-8-19(28)9-11-20)16-24-26(32)30(27(33)37-24)13-14-35-21-5-3-2-4-6-21/h2-12,15-16H,13-14,17H2,1H3,(H,29,31)/b24-16-. The van der Waals surface area contributed by atoms with Crippen molar-refractivity contribution >= 4 is 52.2 Å². The van der Waals surface area contributed by atoms with Gasteiger partial charge in [-0.3, -0.25) is 19.3 Å². The van der Waals surface area contributed by atoms with Crippen LogP contribution < -0.4 is 19.5 Å². The van der Waals surface area contributed by atoms with Crippen molar-refractivity contribution in [2.75, 3.05) is 32.2 Å². The summed E-state index contributed by atoms with van der Waals surface area (Å²) in [5.74, 6) is 0.672. The van der Waals surface area contributed by atoms with Gasteiger partial charge in [-0.15, -0.1) is 0 Å². The second-order valence-electron chi connectivity index (χ2n) is 7.75. The summed E-state index contributed by atoms with van der Waals surface area (Å²) < 4.78 is 16.6. The number of thioether (sulfide) groups is 1. The van der Waals surface area contributed by atoms with E-state index in [0.717, 1.165) is 16.7 Å². The number of anilines is 1. The topological polar surface area (TPSA) is 94.2 Å². The lowest BCUT2D eigenvalue weighted by Gasteiger charge is -2.13. The second-order valence-corrected chi connectivity index (χ2v) is 9.18. The van der Waals surface area contributed by atoms with E-state index in [1.54, 1.807) is 60.7 Å². The molecule has 0 atom stereocenters. The number of carbonyl (C=O) groups excluding carboxylic acids is 3. The number of benzene rings is 3. The molecule has 3 amide bonds. The molecule has 3 aromatic carbocycles. The summed E-state index contributed by atoms with van der Waals surface area (Å²) in [5, 5.41) is 2.93. The minimum Gasteiger partial charge on any atom is -0.493 e. The first-order chi connectivity index (χ1) is 17.9. The number of methoxy groups -OCH3 is 1. The Kier molecular flexibility index (Phi) is 8.71. The first kappa shape index (κ1) is 26.1. The van der Waals surface area contributed by atoms with Crippen molar-refractivity contribution in [2.24, 2.45) is 0 Å². The number of nitrogens with zero attached hydrogens (tertiary/aromatic N) is 1. The molecule has 0 bridgehead atoms. The minimum atomic E-state index is -0.384. The summed E-state index contributed by atoms with van der Waals surface area (Å²) in [5.41, 5.74) is 1.24. The summed E-state index contributed by atoms with van der Waals surface area (Å²) in [7, 11) is 1.47. The van der Waals surface area contributed by atoms with Gasteiger partial charge in [0.1, 0.15) is 12.4 Å². The monoisotopic (exact) mass is 538 g/mol. The van der Waals surface area contributed by atoms with Crippen LogP contribution in [0.1, 0.15) is 5.56 Å². The van der Waals surface area contributed by atoms with E-state index in [1.165, 1.54) is 7.11 Å². The van der Waals surface area contributed by atoms with Gasteiger partial charge in [0.2, 0.25) is 0 Å². The maximum atomic E-state index is 12.8. The van der Waals surface area contributed by atoms with Crippen molar-refractivity contribution in [2.45, 2.75) is 0 Å². The quantitative estimate of drug-likeness (QED) is 0.341. The highest BCUT2D eigenvalue weighted by atomic mass is 35.5. The van der Waals surface area contributed by atoms with Crippen molar-refractivity contribution < 1.29 is 28.6 Å². The fourth-order valence-corrected chi connectivity index (χ4v) is 4.37. The zero-order valence-corrected chi connectivity index (χ0v) is 21.4. The summed E-state index contributed by atoms with van der Waals surface area (Å²) in [6.45, 7) is 0.105. The predicted molar refractivity (Wildman–Crippen MR) is 143 cm³/mol. The zero-order chi connectivity index (χ0) is 26.2.